The van der Waals surface area contributed by atoms with Gasteiger partial charge in [-0.15, -0.1) is 0 Å². The molecule has 5 nitrogen and oxygen atoms in total. The molecule has 1 aromatic heterocycles. The molecule has 1 aliphatic heterocycles. The Kier molecular flexibility index (Phi) is 3.96. The maximum Gasteiger partial charge on any atom is 0.335 e. The summed E-state index contributed by atoms with van der Waals surface area (Å²) in [5, 5.41) is 9.54. The summed E-state index contributed by atoms with van der Waals surface area (Å²) in [6.07, 6.45) is 2.49. The second-order valence-corrected chi connectivity index (χ2v) is 6.88. The van der Waals surface area contributed by atoms with Crippen molar-refractivity contribution < 1.29 is 14.3 Å². The molecule has 1 aliphatic rings. The van der Waals surface area contributed by atoms with Gasteiger partial charge >= 0.3 is 5.97 Å². The summed E-state index contributed by atoms with van der Waals surface area (Å²) in [7, 11) is 0. The predicted molar refractivity (Wildman–Crippen MR) is 99.6 cm³/mol. The Morgan fingerprint density at radius 1 is 1.27 bits per heavy atom. The van der Waals surface area contributed by atoms with E-state index in [1.807, 2.05) is 6.08 Å². The number of hydrogen-bond acceptors (Lipinski definition) is 3. The van der Waals surface area contributed by atoms with Gasteiger partial charge in [0.2, 0.25) is 0 Å². The van der Waals surface area contributed by atoms with Crippen LogP contribution in [0.3, 0.4) is 0 Å². The van der Waals surface area contributed by atoms with Gasteiger partial charge in [0.05, 0.1) is 20.9 Å². The number of hydrogen-bond donors (Lipinski definition) is 1. The Hall–Kier alpha value is -2.80. The number of benzene rings is 2. The van der Waals surface area contributed by atoms with Crippen molar-refractivity contribution in [3.63, 3.8) is 0 Å². The highest BCUT2D eigenvalue weighted by atomic mass is 79.9. The van der Waals surface area contributed by atoms with Crippen LogP contribution in [0.1, 0.15) is 28.2 Å². The third-order valence-electron chi connectivity index (χ3n) is 4.38. The minimum atomic E-state index is -1.07. The molecule has 0 aliphatic carbocycles. The highest BCUT2D eigenvalue weighted by Crippen LogP contribution is 2.28. The number of aromatic nitrogens is 2. The molecule has 0 saturated heterocycles. The molecule has 0 spiro atoms. The Labute approximate surface area is 155 Å². The lowest BCUT2D eigenvalue weighted by atomic mass is 10.1. The zero-order valence-electron chi connectivity index (χ0n) is 13.4. The van der Waals surface area contributed by atoms with E-state index < -0.39 is 5.97 Å². The van der Waals surface area contributed by atoms with Crippen LogP contribution in [0.2, 0.25) is 0 Å². The van der Waals surface area contributed by atoms with E-state index in [4.69, 9.17) is 5.11 Å². The smallest absolute Gasteiger partial charge is 0.335 e. The van der Waals surface area contributed by atoms with Crippen LogP contribution in [-0.2, 0) is 6.54 Å². The van der Waals surface area contributed by atoms with Gasteiger partial charge < -0.3 is 5.11 Å². The largest absolute Gasteiger partial charge is 0.478 e. The van der Waals surface area contributed by atoms with E-state index in [1.54, 1.807) is 16.7 Å². The number of rotatable bonds is 2. The summed E-state index contributed by atoms with van der Waals surface area (Å²) in [5.41, 5.74) is 1.89. The summed E-state index contributed by atoms with van der Waals surface area (Å²) < 4.78 is 15.4. The Morgan fingerprint density at radius 2 is 2.08 bits per heavy atom. The summed E-state index contributed by atoms with van der Waals surface area (Å²) in [6, 6.07) is 8.99. The first-order valence-corrected chi connectivity index (χ1v) is 8.67. The molecule has 26 heavy (non-hydrogen) atoms. The fourth-order valence-corrected chi connectivity index (χ4v) is 3.49. The Bertz CT molecular complexity index is 1170. The highest BCUT2D eigenvalue weighted by Gasteiger charge is 2.21. The molecule has 1 N–H and O–H groups in total. The number of halogens is 2. The van der Waals surface area contributed by atoms with Gasteiger partial charge in [0.15, 0.2) is 0 Å². The monoisotopic (exact) mass is 414 g/mol. The molecule has 0 amide bonds. The fraction of sp³-hybridized carbons (Fsp3) is 0.105. The average Bonchev–Trinajstić information content (AvgIpc) is 3.01. The van der Waals surface area contributed by atoms with Crippen LogP contribution in [0.4, 0.5) is 4.39 Å². The standard InChI is InChI=1S/C19H12BrFN2O3/c20-14-8-10(1-4-15(14)21)7-11-5-6-23-17(11)22-16-9-12(19(25)26)2-3-13(16)18(23)24/h1-4,7-9H,5-6H2,(H,25,26)/b11-7+. The molecule has 4 rings (SSSR count). The number of carboxylic acids is 1. The SMILES string of the molecule is O=C(O)c1ccc2c(=O)n3c(nc2c1)/C(=C/c1ccc(F)c(Br)c1)CC3. The van der Waals surface area contributed by atoms with Crippen molar-refractivity contribution in [3.8, 4) is 0 Å². The highest BCUT2D eigenvalue weighted by molar-refractivity contribution is 9.10. The van der Waals surface area contributed by atoms with Crippen LogP contribution in [0.25, 0.3) is 22.6 Å². The number of aromatic carboxylic acids is 1. The van der Waals surface area contributed by atoms with Crippen molar-refractivity contribution in [1.29, 1.82) is 0 Å². The van der Waals surface area contributed by atoms with Gasteiger partial charge in [0, 0.05) is 6.54 Å². The molecule has 0 bridgehead atoms. The van der Waals surface area contributed by atoms with Gasteiger partial charge in [0.25, 0.3) is 5.56 Å². The molecule has 2 aromatic carbocycles. The van der Waals surface area contributed by atoms with E-state index in [0.717, 1.165) is 11.1 Å². The van der Waals surface area contributed by atoms with Crippen LogP contribution in [0.15, 0.2) is 45.7 Å². The molecule has 3 aromatic rings. The summed E-state index contributed by atoms with van der Waals surface area (Å²) in [4.78, 5) is 28.4. The van der Waals surface area contributed by atoms with Crippen molar-refractivity contribution >= 4 is 44.5 Å². The quantitative estimate of drug-likeness (QED) is 0.689. The molecule has 0 unspecified atom stereocenters. The summed E-state index contributed by atoms with van der Waals surface area (Å²) in [6.45, 7) is 0.506. The third-order valence-corrected chi connectivity index (χ3v) is 4.99. The van der Waals surface area contributed by atoms with E-state index in [-0.39, 0.29) is 16.9 Å². The van der Waals surface area contributed by atoms with Crippen molar-refractivity contribution in [1.82, 2.24) is 9.55 Å². The first-order chi connectivity index (χ1) is 12.4. The van der Waals surface area contributed by atoms with Crippen LogP contribution in [0.5, 0.6) is 0 Å². The lowest BCUT2D eigenvalue weighted by molar-refractivity contribution is 0.0697. The third kappa shape index (κ3) is 2.74. The minimum absolute atomic E-state index is 0.0836. The molecule has 130 valence electrons. The average molecular weight is 415 g/mol. The van der Waals surface area contributed by atoms with Crippen molar-refractivity contribution in [3.05, 3.63) is 74.0 Å². The van der Waals surface area contributed by atoms with Crippen molar-refractivity contribution in [2.24, 2.45) is 0 Å². The van der Waals surface area contributed by atoms with Crippen molar-refractivity contribution in [2.75, 3.05) is 0 Å². The lowest BCUT2D eigenvalue weighted by Gasteiger charge is -2.06. The van der Waals surface area contributed by atoms with E-state index in [1.165, 1.54) is 24.3 Å². The topological polar surface area (TPSA) is 72.2 Å². The maximum absolute atomic E-state index is 13.4. The van der Waals surface area contributed by atoms with Crippen LogP contribution < -0.4 is 5.56 Å². The van der Waals surface area contributed by atoms with Crippen LogP contribution >= 0.6 is 15.9 Å². The van der Waals surface area contributed by atoms with Crippen LogP contribution in [-0.4, -0.2) is 20.6 Å². The van der Waals surface area contributed by atoms with E-state index in [9.17, 15) is 14.0 Å². The number of fused-ring (bicyclic) bond motifs is 2. The van der Waals surface area contributed by atoms with Gasteiger partial charge in [-0.05, 0) is 69.9 Å². The van der Waals surface area contributed by atoms with E-state index in [0.29, 0.717) is 34.2 Å². The molecule has 0 saturated carbocycles. The first-order valence-electron chi connectivity index (χ1n) is 7.88. The second-order valence-electron chi connectivity index (χ2n) is 6.02. The van der Waals surface area contributed by atoms with Crippen molar-refractivity contribution in [2.45, 2.75) is 13.0 Å². The van der Waals surface area contributed by atoms with Gasteiger partial charge in [-0.3, -0.25) is 9.36 Å². The molecular weight excluding hydrogens is 403 g/mol. The van der Waals surface area contributed by atoms with Crippen LogP contribution in [0, 0.1) is 5.82 Å². The molecule has 0 atom stereocenters. The second kappa shape index (κ2) is 6.17. The van der Waals surface area contributed by atoms with Gasteiger partial charge in [-0.2, -0.15) is 0 Å². The first kappa shape index (κ1) is 16.7. The number of carbonyl (C=O) groups is 1. The minimum Gasteiger partial charge on any atom is -0.478 e. The number of carboxylic acid groups (broad SMARTS) is 1. The zero-order valence-corrected chi connectivity index (χ0v) is 15.0. The normalized spacial score (nSPS) is 14.8. The van der Waals surface area contributed by atoms with E-state index in [2.05, 4.69) is 20.9 Å². The summed E-state index contributed by atoms with van der Waals surface area (Å²) in [5.74, 6) is -0.896. The molecule has 0 fully saturated rings. The molecular formula is C19H12BrFN2O3. The van der Waals surface area contributed by atoms with Gasteiger partial charge in [-0.1, -0.05) is 6.07 Å². The van der Waals surface area contributed by atoms with Gasteiger partial charge in [0.1, 0.15) is 11.6 Å². The zero-order chi connectivity index (χ0) is 18.4. The Morgan fingerprint density at radius 3 is 2.81 bits per heavy atom. The maximum atomic E-state index is 13.4. The van der Waals surface area contributed by atoms with E-state index >= 15 is 0 Å². The number of nitrogens with zero attached hydrogens (tertiary/aromatic N) is 2. The fourth-order valence-electron chi connectivity index (χ4n) is 3.09. The molecule has 0 radical (unpaired) electrons. The summed E-state index contributed by atoms with van der Waals surface area (Å²) >= 11 is 3.16. The lowest BCUT2D eigenvalue weighted by Crippen LogP contribution is -2.21. The Balaban J connectivity index is 1.88. The molecule has 7 heteroatoms. The van der Waals surface area contributed by atoms with Gasteiger partial charge in [-0.25, -0.2) is 14.2 Å². The predicted octanol–water partition coefficient (Wildman–Crippen LogP) is 3.94. The molecule has 2 heterocycles. The number of allylic oxidation sites excluding steroid dienone is 1.